The molecule has 0 spiro atoms. The Morgan fingerprint density at radius 1 is 1.03 bits per heavy atom. The van der Waals surface area contributed by atoms with Crippen molar-refractivity contribution in [1.29, 1.82) is 10.5 Å². The Kier molecular flexibility index (Phi) is 6.36. The molecule has 5 nitrogen and oxygen atoms in total. The molecule has 0 bridgehead atoms. The number of ether oxygens (including phenoxy) is 1. The van der Waals surface area contributed by atoms with Gasteiger partial charge in [0, 0.05) is 17.2 Å². The van der Waals surface area contributed by atoms with Gasteiger partial charge in [-0.15, -0.1) is 0 Å². The van der Waals surface area contributed by atoms with E-state index in [0.29, 0.717) is 22.9 Å². The van der Waals surface area contributed by atoms with Crippen molar-refractivity contribution < 1.29 is 18.3 Å². The first-order valence-corrected chi connectivity index (χ1v) is 8.87. The average Bonchev–Trinajstić information content (AvgIpc) is 2.76. The van der Waals surface area contributed by atoms with Crippen molar-refractivity contribution in [1.82, 2.24) is 5.32 Å². The van der Waals surface area contributed by atoms with E-state index < -0.39 is 23.6 Å². The number of halogens is 2. The Balaban J connectivity index is 1.70. The monoisotopic (exact) mass is 403 g/mol. The van der Waals surface area contributed by atoms with Gasteiger partial charge in [0.05, 0.1) is 17.7 Å². The van der Waals surface area contributed by atoms with Gasteiger partial charge >= 0.3 is 0 Å². The maximum atomic E-state index is 13.9. The van der Waals surface area contributed by atoms with Crippen LogP contribution in [0.3, 0.4) is 0 Å². The zero-order chi connectivity index (χ0) is 21.5. The largest absolute Gasteiger partial charge is 0.489 e. The maximum absolute atomic E-state index is 13.9. The van der Waals surface area contributed by atoms with E-state index in [0.717, 1.165) is 12.1 Å². The molecule has 0 aliphatic rings. The normalized spacial score (nSPS) is 11.1. The smallest absolute Gasteiger partial charge is 0.252 e. The lowest BCUT2D eigenvalue weighted by Crippen LogP contribution is -2.28. The Morgan fingerprint density at radius 3 is 2.57 bits per heavy atom. The summed E-state index contributed by atoms with van der Waals surface area (Å²) in [5.41, 5.74) is 1.29. The molecule has 3 aromatic rings. The van der Waals surface area contributed by atoms with Crippen LogP contribution in [0.1, 0.15) is 33.1 Å². The average molecular weight is 403 g/mol. The zero-order valence-electron chi connectivity index (χ0n) is 15.6. The van der Waals surface area contributed by atoms with Gasteiger partial charge in [-0.3, -0.25) is 4.79 Å². The molecule has 0 saturated heterocycles. The molecule has 0 radical (unpaired) electrons. The third-order valence-corrected chi connectivity index (χ3v) is 4.24. The fraction of sp³-hybridized carbons (Fsp3) is 0.0870. The molecule has 3 rings (SSSR count). The molecule has 0 heterocycles. The number of nitriles is 2. The topological polar surface area (TPSA) is 85.9 Å². The number of nitrogens with zero attached hydrogens (tertiary/aromatic N) is 2. The van der Waals surface area contributed by atoms with Crippen LogP contribution in [0.2, 0.25) is 0 Å². The van der Waals surface area contributed by atoms with Crippen molar-refractivity contribution >= 4 is 5.91 Å². The van der Waals surface area contributed by atoms with E-state index in [1.54, 1.807) is 54.6 Å². The standard InChI is InChI=1S/C23H15F2N3O2/c24-18-7-8-20(21(25)11-18)22(13-27)28-23(29)17-5-1-4-16(9-17)14-30-19-6-2-3-15(10-19)12-26/h1-11,22H,14H2,(H,28,29). The summed E-state index contributed by atoms with van der Waals surface area (Å²) in [5, 5.41) is 20.7. The number of benzene rings is 3. The summed E-state index contributed by atoms with van der Waals surface area (Å²) in [5.74, 6) is -1.75. The fourth-order valence-corrected chi connectivity index (χ4v) is 2.75. The lowest BCUT2D eigenvalue weighted by atomic mass is 10.1. The predicted octanol–water partition coefficient (Wildman–Crippen LogP) is 4.41. The van der Waals surface area contributed by atoms with Gasteiger partial charge in [0.2, 0.25) is 0 Å². The Morgan fingerprint density at radius 2 is 1.83 bits per heavy atom. The minimum absolute atomic E-state index is 0.121. The van der Waals surface area contributed by atoms with E-state index in [4.69, 9.17) is 10.00 Å². The van der Waals surface area contributed by atoms with Crippen LogP contribution < -0.4 is 10.1 Å². The second kappa shape index (κ2) is 9.31. The molecule has 0 fully saturated rings. The number of hydrogen-bond donors (Lipinski definition) is 1. The molecule has 30 heavy (non-hydrogen) atoms. The molecule has 1 atom stereocenters. The molecule has 0 aliphatic heterocycles. The van der Waals surface area contributed by atoms with Crippen molar-refractivity contribution in [3.05, 3.63) is 101 Å². The van der Waals surface area contributed by atoms with Gasteiger partial charge in [0.15, 0.2) is 0 Å². The highest BCUT2D eigenvalue weighted by atomic mass is 19.1. The highest BCUT2D eigenvalue weighted by molar-refractivity contribution is 5.94. The summed E-state index contributed by atoms with van der Waals surface area (Å²) in [6.07, 6.45) is 0. The second-order valence-corrected chi connectivity index (χ2v) is 6.33. The number of amides is 1. The van der Waals surface area contributed by atoms with E-state index >= 15 is 0 Å². The summed E-state index contributed by atoms with van der Waals surface area (Å²) in [6, 6.07) is 18.6. The minimum atomic E-state index is -1.27. The van der Waals surface area contributed by atoms with Crippen LogP contribution in [-0.2, 0) is 6.61 Å². The highest BCUT2D eigenvalue weighted by Gasteiger charge is 2.19. The van der Waals surface area contributed by atoms with Gasteiger partial charge in [-0.25, -0.2) is 8.78 Å². The van der Waals surface area contributed by atoms with Crippen LogP contribution in [0, 0.1) is 34.3 Å². The van der Waals surface area contributed by atoms with Gasteiger partial charge in [-0.1, -0.05) is 24.3 Å². The molecule has 1 N–H and O–H groups in total. The lowest BCUT2D eigenvalue weighted by Gasteiger charge is -2.13. The molecule has 148 valence electrons. The molecule has 0 aliphatic carbocycles. The number of nitrogens with one attached hydrogen (secondary N) is 1. The fourth-order valence-electron chi connectivity index (χ4n) is 2.75. The number of carbonyl (C=O) groups is 1. The Labute approximate surface area is 171 Å². The molecular weight excluding hydrogens is 388 g/mol. The van der Waals surface area contributed by atoms with E-state index in [9.17, 15) is 18.8 Å². The van der Waals surface area contributed by atoms with Crippen LogP contribution in [0.4, 0.5) is 8.78 Å². The first-order valence-electron chi connectivity index (χ1n) is 8.87. The molecule has 0 aromatic heterocycles. The van der Waals surface area contributed by atoms with Gasteiger partial charge < -0.3 is 10.1 Å². The van der Waals surface area contributed by atoms with Crippen molar-refractivity contribution in [3.8, 4) is 17.9 Å². The molecule has 1 unspecified atom stereocenters. The maximum Gasteiger partial charge on any atom is 0.252 e. The van der Waals surface area contributed by atoms with E-state index in [-0.39, 0.29) is 17.7 Å². The third-order valence-electron chi connectivity index (χ3n) is 4.24. The summed E-state index contributed by atoms with van der Waals surface area (Å²) in [4.78, 5) is 12.5. The summed E-state index contributed by atoms with van der Waals surface area (Å²) in [6.45, 7) is 0.157. The van der Waals surface area contributed by atoms with Crippen LogP contribution in [0.5, 0.6) is 5.75 Å². The van der Waals surface area contributed by atoms with Crippen molar-refractivity contribution in [2.24, 2.45) is 0 Å². The van der Waals surface area contributed by atoms with E-state index in [2.05, 4.69) is 5.32 Å². The molecular formula is C23H15F2N3O2. The van der Waals surface area contributed by atoms with Gasteiger partial charge in [-0.2, -0.15) is 10.5 Å². The number of hydrogen-bond acceptors (Lipinski definition) is 4. The van der Waals surface area contributed by atoms with Crippen LogP contribution in [-0.4, -0.2) is 5.91 Å². The molecule has 0 saturated carbocycles. The highest BCUT2D eigenvalue weighted by Crippen LogP contribution is 2.19. The van der Waals surface area contributed by atoms with Crippen LogP contribution >= 0.6 is 0 Å². The minimum Gasteiger partial charge on any atom is -0.489 e. The van der Waals surface area contributed by atoms with Gasteiger partial charge in [0.1, 0.15) is 30.0 Å². The second-order valence-electron chi connectivity index (χ2n) is 6.33. The number of rotatable bonds is 6. The van der Waals surface area contributed by atoms with Crippen molar-refractivity contribution in [2.75, 3.05) is 0 Å². The first kappa shape index (κ1) is 20.5. The van der Waals surface area contributed by atoms with Crippen LogP contribution in [0.25, 0.3) is 0 Å². The summed E-state index contributed by atoms with van der Waals surface area (Å²) in [7, 11) is 0. The van der Waals surface area contributed by atoms with Crippen molar-refractivity contribution in [2.45, 2.75) is 12.6 Å². The zero-order valence-corrected chi connectivity index (χ0v) is 15.6. The first-order chi connectivity index (χ1) is 14.5. The third kappa shape index (κ3) is 4.98. The molecule has 3 aromatic carbocycles. The molecule has 7 heteroatoms. The van der Waals surface area contributed by atoms with Gasteiger partial charge in [0.25, 0.3) is 5.91 Å². The Hall–Kier alpha value is -4.23. The Bertz CT molecular complexity index is 1170. The van der Waals surface area contributed by atoms with Crippen LogP contribution in [0.15, 0.2) is 66.7 Å². The van der Waals surface area contributed by atoms with E-state index in [1.165, 1.54) is 0 Å². The van der Waals surface area contributed by atoms with E-state index in [1.807, 2.05) is 6.07 Å². The SMILES string of the molecule is N#Cc1cccc(OCc2cccc(C(=O)NC(C#N)c3ccc(F)cc3F)c2)c1. The van der Waals surface area contributed by atoms with Gasteiger partial charge in [-0.05, 0) is 42.0 Å². The van der Waals surface area contributed by atoms with Crippen molar-refractivity contribution in [3.63, 3.8) is 0 Å². The summed E-state index contributed by atoms with van der Waals surface area (Å²) >= 11 is 0. The summed E-state index contributed by atoms with van der Waals surface area (Å²) < 4.78 is 32.7. The molecule has 1 amide bonds. The lowest BCUT2D eigenvalue weighted by molar-refractivity contribution is 0.0944. The number of carbonyl (C=O) groups excluding carboxylic acids is 1. The quantitative estimate of drug-likeness (QED) is 0.661. The predicted molar refractivity (Wildman–Crippen MR) is 104 cm³/mol.